The Morgan fingerprint density at radius 2 is 1.59 bits per heavy atom. The molecule has 0 aromatic heterocycles. The highest BCUT2D eigenvalue weighted by molar-refractivity contribution is 6.12. The number of nitrogens with one attached hydrogen (secondary N) is 1. The number of carbonyl (C=O) groups is 3. The average Bonchev–Trinajstić information content (AvgIpc) is 2.74. The van der Waals surface area contributed by atoms with Crippen molar-refractivity contribution >= 4 is 23.4 Å². The Morgan fingerprint density at radius 3 is 2.05 bits per heavy atom. The van der Waals surface area contributed by atoms with Crippen molar-refractivity contribution in [1.29, 1.82) is 10.5 Å². The van der Waals surface area contributed by atoms with Crippen LogP contribution < -0.4 is 16.8 Å². The predicted octanol–water partition coefficient (Wildman–Crippen LogP) is -0.873. The fourth-order valence-electron chi connectivity index (χ4n) is 2.82. The molecule has 1 aliphatic rings. The van der Waals surface area contributed by atoms with Gasteiger partial charge in [-0.25, -0.2) is 0 Å². The summed E-state index contributed by atoms with van der Waals surface area (Å²) in [6.07, 6.45) is 0. The summed E-state index contributed by atoms with van der Waals surface area (Å²) in [6, 6.07) is 9.41. The Hall–Kier alpha value is -3.39. The van der Waals surface area contributed by atoms with E-state index in [4.69, 9.17) is 11.5 Å². The van der Waals surface area contributed by atoms with Crippen molar-refractivity contribution in [3.63, 3.8) is 0 Å². The molecule has 3 amide bonds. The molecule has 3 atom stereocenters. The van der Waals surface area contributed by atoms with E-state index in [-0.39, 0.29) is 5.56 Å². The summed E-state index contributed by atoms with van der Waals surface area (Å²) in [5.74, 6) is -6.49. The third-order valence-electron chi connectivity index (χ3n) is 3.73. The van der Waals surface area contributed by atoms with Gasteiger partial charge in [0, 0.05) is 5.69 Å². The number of fused-ring (bicyclic) bond motifs is 1. The molecule has 0 radical (unpaired) electrons. The van der Waals surface area contributed by atoms with E-state index < -0.39 is 35.0 Å². The fourth-order valence-corrected chi connectivity index (χ4v) is 2.82. The number of nitriles is 2. The van der Waals surface area contributed by atoms with Gasteiger partial charge >= 0.3 is 0 Å². The smallest absolute Gasteiger partial charge is 0.238 e. The number of nitrogens with zero attached hydrogens (tertiary/aromatic N) is 2. The molecule has 1 aromatic rings. The molecule has 0 bridgehead atoms. The molecule has 0 spiro atoms. The highest BCUT2D eigenvalue weighted by Gasteiger charge is 2.61. The van der Waals surface area contributed by atoms with Crippen LogP contribution in [0.25, 0.3) is 0 Å². The van der Waals surface area contributed by atoms with E-state index in [1.54, 1.807) is 24.3 Å². The topological polar surface area (TPSA) is 163 Å². The first kappa shape index (κ1) is 15.0. The number of para-hydroxylation sites is 1. The van der Waals surface area contributed by atoms with Crippen molar-refractivity contribution in [2.24, 2.45) is 23.3 Å². The molecule has 1 aliphatic heterocycles. The molecule has 0 saturated heterocycles. The second kappa shape index (κ2) is 5.19. The minimum Gasteiger partial charge on any atom is -0.368 e. The van der Waals surface area contributed by atoms with Crippen LogP contribution in [0.5, 0.6) is 0 Å². The van der Waals surface area contributed by atoms with Gasteiger partial charge in [-0.1, -0.05) is 18.2 Å². The molecule has 1 unspecified atom stereocenters. The van der Waals surface area contributed by atoms with Crippen LogP contribution in [-0.4, -0.2) is 17.7 Å². The second-order valence-electron chi connectivity index (χ2n) is 4.80. The van der Waals surface area contributed by atoms with E-state index in [1.807, 2.05) is 0 Å². The SMILES string of the molecule is N#C[C@H](C(N)=O)C1([C@@H](C#N)C(N)=O)C(=O)Nc2ccccc21. The van der Waals surface area contributed by atoms with Gasteiger partial charge in [-0.05, 0) is 11.6 Å². The zero-order chi connectivity index (χ0) is 16.5. The van der Waals surface area contributed by atoms with E-state index in [0.29, 0.717) is 5.69 Å². The minimum atomic E-state index is -2.06. The van der Waals surface area contributed by atoms with Crippen LogP contribution in [0, 0.1) is 34.5 Å². The molecule has 2 rings (SSSR count). The Bertz CT molecular complexity index is 726. The maximum Gasteiger partial charge on any atom is 0.238 e. The zero-order valence-corrected chi connectivity index (χ0v) is 11.2. The van der Waals surface area contributed by atoms with Crippen LogP contribution >= 0.6 is 0 Å². The van der Waals surface area contributed by atoms with Gasteiger partial charge in [-0.2, -0.15) is 10.5 Å². The molecule has 0 aliphatic carbocycles. The van der Waals surface area contributed by atoms with Gasteiger partial charge in [0.15, 0.2) is 0 Å². The molecule has 8 heteroatoms. The van der Waals surface area contributed by atoms with E-state index in [1.165, 1.54) is 12.1 Å². The van der Waals surface area contributed by atoms with Gasteiger partial charge in [0.1, 0.15) is 17.3 Å². The molecule has 8 nitrogen and oxygen atoms in total. The number of amides is 3. The third-order valence-corrected chi connectivity index (χ3v) is 3.73. The maximum absolute atomic E-state index is 12.5. The number of primary amides is 2. The fraction of sp³-hybridized carbons (Fsp3) is 0.214. The van der Waals surface area contributed by atoms with Crippen LogP contribution in [0.4, 0.5) is 5.69 Å². The van der Waals surface area contributed by atoms with E-state index in [2.05, 4.69) is 5.32 Å². The van der Waals surface area contributed by atoms with Crippen molar-refractivity contribution in [2.45, 2.75) is 5.41 Å². The van der Waals surface area contributed by atoms with Gasteiger partial charge < -0.3 is 16.8 Å². The predicted molar refractivity (Wildman–Crippen MR) is 73.3 cm³/mol. The zero-order valence-electron chi connectivity index (χ0n) is 11.2. The number of hydrogen-bond donors (Lipinski definition) is 3. The normalized spacial score (nSPS) is 21.6. The lowest BCUT2D eigenvalue weighted by Gasteiger charge is -2.32. The van der Waals surface area contributed by atoms with E-state index >= 15 is 0 Å². The van der Waals surface area contributed by atoms with Crippen molar-refractivity contribution in [3.8, 4) is 12.1 Å². The number of anilines is 1. The average molecular weight is 297 g/mol. The standard InChI is InChI=1S/C14H11N5O3/c15-5-8(11(17)20)14(9(6-16)12(18)21)7-3-1-2-4-10(7)19-13(14)22/h1-4,8-9H,(H2,17,20)(H2,18,21)(H,19,22)/t8-,9+,14?. The van der Waals surface area contributed by atoms with E-state index in [9.17, 15) is 24.9 Å². The highest BCUT2D eigenvalue weighted by Crippen LogP contribution is 2.47. The first-order valence-electron chi connectivity index (χ1n) is 6.20. The summed E-state index contributed by atoms with van der Waals surface area (Å²) in [4.78, 5) is 35.9. The lowest BCUT2D eigenvalue weighted by molar-refractivity contribution is -0.135. The number of carbonyl (C=O) groups excluding carboxylic acids is 3. The Balaban J connectivity index is 2.87. The van der Waals surface area contributed by atoms with Gasteiger partial charge in [0.05, 0.1) is 12.1 Å². The third kappa shape index (κ3) is 1.79. The number of nitrogens with two attached hydrogens (primary N) is 2. The summed E-state index contributed by atoms with van der Waals surface area (Å²) in [7, 11) is 0. The summed E-state index contributed by atoms with van der Waals surface area (Å²) < 4.78 is 0. The second-order valence-corrected chi connectivity index (χ2v) is 4.80. The Morgan fingerprint density at radius 1 is 1.09 bits per heavy atom. The monoisotopic (exact) mass is 297 g/mol. The van der Waals surface area contributed by atoms with Gasteiger partial charge in [-0.3, -0.25) is 14.4 Å². The van der Waals surface area contributed by atoms with Crippen LogP contribution in [0.1, 0.15) is 5.56 Å². The summed E-state index contributed by atoms with van der Waals surface area (Å²) in [6.45, 7) is 0. The van der Waals surface area contributed by atoms with Gasteiger partial charge in [0.25, 0.3) is 0 Å². The molecular formula is C14H11N5O3. The van der Waals surface area contributed by atoms with Crippen molar-refractivity contribution < 1.29 is 14.4 Å². The number of hydrogen-bond acceptors (Lipinski definition) is 5. The number of benzene rings is 1. The quantitative estimate of drug-likeness (QED) is 0.656. The van der Waals surface area contributed by atoms with Crippen molar-refractivity contribution in [1.82, 2.24) is 0 Å². The molecule has 5 N–H and O–H groups in total. The Kier molecular flexibility index (Phi) is 3.54. The maximum atomic E-state index is 12.5. The molecule has 22 heavy (non-hydrogen) atoms. The first-order chi connectivity index (χ1) is 10.4. The molecular weight excluding hydrogens is 286 g/mol. The van der Waals surface area contributed by atoms with Crippen molar-refractivity contribution in [3.05, 3.63) is 29.8 Å². The summed E-state index contributed by atoms with van der Waals surface area (Å²) >= 11 is 0. The lowest BCUT2D eigenvalue weighted by Crippen LogP contribution is -2.55. The van der Waals surface area contributed by atoms with Gasteiger partial charge in [0.2, 0.25) is 17.7 Å². The summed E-state index contributed by atoms with van der Waals surface area (Å²) in [5.41, 5.74) is 8.86. The molecule has 110 valence electrons. The van der Waals surface area contributed by atoms with Crippen LogP contribution in [0.2, 0.25) is 0 Å². The molecule has 1 heterocycles. The van der Waals surface area contributed by atoms with Crippen LogP contribution in [-0.2, 0) is 19.8 Å². The largest absolute Gasteiger partial charge is 0.368 e. The Labute approximate surface area is 125 Å². The number of rotatable bonds is 4. The summed E-state index contributed by atoms with van der Waals surface area (Å²) in [5, 5.41) is 21.1. The van der Waals surface area contributed by atoms with Crippen LogP contribution in [0.15, 0.2) is 24.3 Å². The van der Waals surface area contributed by atoms with Crippen molar-refractivity contribution in [2.75, 3.05) is 5.32 Å². The lowest BCUT2D eigenvalue weighted by atomic mass is 9.63. The minimum absolute atomic E-state index is 0.177. The molecule has 1 aromatic carbocycles. The first-order valence-corrected chi connectivity index (χ1v) is 6.20. The highest BCUT2D eigenvalue weighted by atomic mass is 16.2. The van der Waals surface area contributed by atoms with Gasteiger partial charge in [-0.15, -0.1) is 0 Å². The van der Waals surface area contributed by atoms with Crippen LogP contribution in [0.3, 0.4) is 0 Å². The molecule has 0 saturated carbocycles. The molecule has 0 fully saturated rings. The van der Waals surface area contributed by atoms with E-state index in [0.717, 1.165) is 0 Å².